The summed E-state index contributed by atoms with van der Waals surface area (Å²) in [6.45, 7) is 2.33. The number of ketones is 1. The Kier molecular flexibility index (Phi) is 10.2. The molecular weight excluding hydrogens is 380 g/mol. The predicted octanol–water partition coefficient (Wildman–Crippen LogP) is 5.60. The van der Waals surface area contributed by atoms with Crippen molar-refractivity contribution in [1.82, 2.24) is 0 Å². The van der Waals surface area contributed by atoms with Crippen molar-refractivity contribution in [3.8, 4) is 17.2 Å². The zero-order valence-electron chi connectivity index (χ0n) is 17.8. The lowest BCUT2D eigenvalue weighted by Gasteiger charge is -2.15. The van der Waals surface area contributed by atoms with Crippen LogP contribution in [-0.2, 0) is 0 Å². The van der Waals surface area contributed by atoms with Crippen molar-refractivity contribution >= 4 is 5.78 Å². The van der Waals surface area contributed by atoms with E-state index in [-0.39, 0.29) is 23.7 Å². The van der Waals surface area contributed by atoms with Crippen LogP contribution in [0.5, 0.6) is 17.2 Å². The molecule has 0 saturated heterocycles. The second-order valence-corrected chi connectivity index (χ2v) is 7.76. The summed E-state index contributed by atoms with van der Waals surface area (Å²) in [5.74, 6) is -0.437. The maximum absolute atomic E-state index is 12.8. The van der Waals surface area contributed by atoms with Gasteiger partial charge in [-0.15, -0.1) is 0 Å². The van der Waals surface area contributed by atoms with Crippen LogP contribution in [0.1, 0.15) is 80.6 Å². The molecular formula is C25H34O5. The molecule has 3 N–H and O–H groups in total. The van der Waals surface area contributed by atoms with E-state index < -0.39 is 11.9 Å². The molecule has 0 amide bonds. The van der Waals surface area contributed by atoms with Gasteiger partial charge in [0.25, 0.3) is 0 Å². The Labute approximate surface area is 179 Å². The Morgan fingerprint density at radius 1 is 0.900 bits per heavy atom. The normalized spacial score (nSPS) is 11.9. The van der Waals surface area contributed by atoms with Crippen molar-refractivity contribution in [1.29, 1.82) is 0 Å². The number of aliphatic hydroxyl groups excluding tert-OH is 1. The minimum atomic E-state index is -0.588. The summed E-state index contributed by atoms with van der Waals surface area (Å²) in [6.07, 6.45) is 9.78. The summed E-state index contributed by atoms with van der Waals surface area (Å²) >= 11 is 0. The van der Waals surface area contributed by atoms with Gasteiger partial charge in [-0.3, -0.25) is 4.79 Å². The number of aliphatic hydroxyl groups is 1. The molecule has 2 rings (SSSR count). The van der Waals surface area contributed by atoms with Crippen LogP contribution in [0.3, 0.4) is 0 Å². The van der Waals surface area contributed by atoms with Gasteiger partial charge in [0.2, 0.25) is 0 Å². The lowest BCUT2D eigenvalue weighted by atomic mass is 10.0. The second kappa shape index (κ2) is 12.9. The number of para-hydroxylation sites is 1. The summed E-state index contributed by atoms with van der Waals surface area (Å²) in [7, 11) is 0. The van der Waals surface area contributed by atoms with E-state index in [9.17, 15) is 20.1 Å². The molecule has 0 aliphatic heterocycles. The van der Waals surface area contributed by atoms with Gasteiger partial charge in [-0.1, -0.05) is 70.4 Å². The number of aromatic hydroxyl groups is 2. The van der Waals surface area contributed by atoms with Gasteiger partial charge in [0.05, 0.1) is 17.2 Å². The highest BCUT2D eigenvalue weighted by Gasteiger charge is 2.18. The van der Waals surface area contributed by atoms with Crippen LogP contribution in [0.15, 0.2) is 42.5 Å². The van der Waals surface area contributed by atoms with Crippen LogP contribution in [0.25, 0.3) is 0 Å². The third kappa shape index (κ3) is 7.71. The fourth-order valence-corrected chi connectivity index (χ4v) is 3.42. The lowest BCUT2D eigenvalue weighted by molar-refractivity contribution is 0.0939. The molecule has 164 valence electrons. The zero-order chi connectivity index (χ0) is 21.8. The van der Waals surface area contributed by atoms with Gasteiger partial charge in [-0.2, -0.15) is 0 Å². The van der Waals surface area contributed by atoms with Crippen LogP contribution in [0.4, 0.5) is 0 Å². The maximum atomic E-state index is 12.8. The summed E-state index contributed by atoms with van der Waals surface area (Å²) in [4.78, 5) is 12.8. The standard InChI is InChI=1S/C25H34O5/c1-2-3-4-5-6-7-8-9-12-20(27)18-30-24-14-11-10-13-22(24)25(29)21-16-15-19(26)17-23(21)28/h10-11,13-17,20,26-28H,2-9,12,18H2,1H3. The molecule has 1 atom stereocenters. The minimum Gasteiger partial charge on any atom is -0.508 e. The summed E-state index contributed by atoms with van der Waals surface area (Å²) in [5, 5.41) is 29.6. The fourth-order valence-electron chi connectivity index (χ4n) is 3.42. The van der Waals surface area contributed by atoms with Crippen LogP contribution in [0, 0.1) is 0 Å². The molecule has 5 heteroatoms. The highest BCUT2D eigenvalue weighted by Crippen LogP contribution is 2.28. The molecule has 0 aliphatic rings. The van der Waals surface area contributed by atoms with Crippen LogP contribution in [0.2, 0.25) is 0 Å². The molecule has 0 aromatic heterocycles. The number of carbonyl (C=O) groups is 1. The van der Waals surface area contributed by atoms with E-state index in [0.717, 1.165) is 18.9 Å². The molecule has 2 aromatic rings. The number of rotatable bonds is 14. The molecule has 30 heavy (non-hydrogen) atoms. The third-order valence-electron chi connectivity index (χ3n) is 5.18. The van der Waals surface area contributed by atoms with Crippen molar-refractivity contribution in [2.24, 2.45) is 0 Å². The van der Waals surface area contributed by atoms with Crippen LogP contribution in [-0.4, -0.2) is 33.8 Å². The van der Waals surface area contributed by atoms with Crippen molar-refractivity contribution in [3.05, 3.63) is 53.6 Å². The Hall–Kier alpha value is -2.53. The molecule has 0 fully saturated rings. The molecule has 0 heterocycles. The molecule has 2 aromatic carbocycles. The van der Waals surface area contributed by atoms with E-state index >= 15 is 0 Å². The Morgan fingerprint density at radius 3 is 2.27 bits per heavy atom. The number of carbonyl (C=O) groups excluding carboxylic acids is 1. The first-order valence-corrected chi connectivity index (χ1v) is 11.0. The van der Waals surface area contributed by atoms with Gasteiger partial charge in [-0.25, -0.2) is 0 Å². The van der Waals surface area contributed by atoms with Crippen molar-refractivity contribution in [3.63, 3.8) is 0 Å². The van der Waals surface area contributed by atoms with E-state index in [4.69, 9.17) is 4.74 Å². The average molecular weight is 415 g/mol. The number of ether oxygens (including phenoxy) is 1. The lowest BCUT2D eigenvalue weighted by Crippen LogP contribution is -2.18. The van der Waals surface area contributed by atoms with Crippen LogP contribution < -0.4 is 4.74 Å². The number of hydrogen-bond acceptors (Lipinski definition) is 5. The van der Waals surface area contributed by atoms with Crippen LogP contribution >= 0.6 is 0 Å². The molecule has 0 spiro atoms. The van der Waals surface area contributed by atoms with E-state index in [0.29, 0.717) is 17.7 Å². The number of hydrogen-bond donors (Lipinski definition) is 3. The Balaban J connectivity index is 1.81. The Bertz CT molecular complexity index is 787. The number of benzene rings is 2. The quantitative estimate of drug-likeness (QED) is 0.277. The first kappa shape index (κ1) is 23.7. The predicted molar refractivity (Wildman–Crippen MR) is 118 cm³/mol. The molecule has 0 radical (unpaired) electrons. The SMILES string of the molecule is CCCCCCCCCCC(O)COc1ccccc1C(=O)c1ccc(O)cc1O. The highest BCUT2D eigenvalue weighted by atomic mass is 16.5. The zero-order valence-corrected chi connectivity index (χ0v) is 17.8. The molecule has 5 nitrogen and oxygen atoms in total. The van der Waals surface area contributed by atoms with Gasteiger partial charge in [-0.05, 0) is 30.7 Å². The number of unbranched alkanes of at least 4 members (excludes halogenated alkanes) is 7. The van der Waals surface area contributed by atoms with E-state index in [1.165, 1.54) is 50.7 Å². The highest BCUT2D eigenvalue weighted by molar-refractivity contribution is 6.12. The maximum Gasteiger partial charge on any atom is 0.200 e. The van der Waals surface area contributed by atoms with Gasteiger partial charge in [0.15, 0.2) is 5.78 Å². The monoisotopic (exact) mass is 414 g/mol. The Morgan fingerprint density at radius 2 is 1.57 bits per heavy atom. The summed E-state index contributed by atoms with van der Waals surface area (Å²) < 4.78 is 5.73. The van der Waals surface area contributed by atoms with E-state index in [1.807, 2.05) is 0 Å². The fraction of sp³-hybridized carbons (Fsp3) is 0.480. The minimum absolute atomic E-state index is 0.0864. The van der Waals surface area contributed by atoms with Crippen molar-refractivity contribution in [2.75, 3.05) is 6.61 Å². The van der Waals surface area contributed by atoms with Gasteiger partial charge in [0.1, 0.15) is 23.9 Å². The number of phenols is 2. The third-order valence-corrected chi connectivity index (χ3v) is 5.18. The average Bonchev–Trinajstić information content (AvgIpc) is 2.74. The molecule has 0 aliphatic carbocycles. The van der Waals surface area contributed by atoms with Gasteiger partial charge in [0, 0.05) is 6.07 Å². The molecule has 0 bridgehead atoms. The first-order chi connectivity index (χ1) is 14.5. The summed E-state index contributed by atoms with van der Waals surface area (Å²) in [6, 6.07) is 10.6. The van der Waals surface area contributed by atoms with E-state index in [1.54, 1.807) is 24.3 Å². The van der Waals surface area contributed by atoms with Crippen molar-refractivity contribution in [2.45, 2.75) is 70.8 Å². The topological polar surface area (TPSA) is 87.0 Å². The molecule has 1 unspecified atom stereocenters. The number of phenolic OH excluding ortho intramolecular Hbond substituents is 2. The second-order valence-electron chi connectivity index (χ2n) is 7.76. The summed E-state index contributed by atoms with van der Waals surface area (Å²) in [5.41, 5.74) is 0.390. The van der Waals surface area contributed by atoms with Crippen molar-refractivity contribution < 1.29 is 24.9 Å². The van der Waals surface area contributed by atoms with Gasteiger partial charge >= 0.3 is 0 Å². The first-order valence-electron chi connectivity index (χ1n) is 11.0. The molecule has 0 saturated carbocycles. The smallest absolute Gasteiger partial charge is 0.200 e. The largest absolute Gasteiger partial charge is 0.508 e. The van der Waals surface area contributed by atoms with Gasteiger partial charge < -0.3 is 20.1 Å². The van der Waals surface area contributed by atoms with E-state index in [2.05, 4.69) is 6.92 Å².